The Hall–Kier alpha value is -1.59. The van der Waals surface area contributed by atoms with Gasteiger partial charge in [0.2, 0.25) is 0 Å². The normalized spacial score (nSPS) is 32.6. The Bertz CT molecular complexity index is 608. The van der Waals surface area contributed by atoms with Gasteiger partial charge >= 0.3 is 0 Å². The molecule has 1 amide bonds. The summed E-state index contributed by atoms with van der Waals surface area (Å²) in [7, 11) is 0. The Kier molecular flexibility index (Phi) is 3.77. The second-order valence-electron chi connectivity index (χ2n) is 7.27. The topological polar surface area (TPSA) is 76.4 Å². The number of nitrogens with one attached hydrogen (secondary N) is 2. The third kappa shape index (κ3) is 2.95. The second-order valence-corrected chi connectivity index (χ2v) is 7.27. The lowest BCUT2D eigenvalue weighted by atomic mass is 9.83. The van der Waals surface area contributed by atoms with Gasteiger partial charge in [-0.25, -0.2) is 0 Å². The quantitative estimate of drug-likeness (QED) is 0.774. The first kappa shape index (κ1) is 15.0. The van der Waals surface area contributed by atoms with Crippen LogP contribution in [0.25, 0.3) is 0 Å². The van der Waals surface area contributed by atoms with Gasteiger partial charge in [-0.05, 0) is 49.7 Å². The first-order valence-corrected chi connectivity index (χ1v) is 8.69. The Balaban J connectivity index is 1.38. The van der Waals surface area contributed by atoms with Crippen molar-refractivity contribution in [3.8, 4) is 5.75 Å². The van der Waals surface area contributed by atoms with Gasteiger partial charge < -0.3 is 21.1 Å². The van der Waals surface area contributed by atoms with Gasteiger partial charge in [0.1, 0.15) is 12.4 Å². The van der Waals surface area contributed by atoms with Gasteiger partial charge in [-0.3, -0.25) is 4.79 Å². The molecule has 5 nitrogen and oxygen atoms in total. The molecule has 1 unspecified atom stereocenters. The highest BCUT2D eigenvalue weighted by atomic mass is 16.5. The summed E-state index contributed by atoms with van der Waals surface area (Å²) in [5, 5.41) is 6.49. The van der Waals surface area contributed by atoms with Crippen molar-refractivity contribution in [2.24, 2.45) is 11.1 Å². The number of hydrogen-bond donors (Lipinski definition) is 3. The summed E-state index contributed by atoms with van der Waals surface area (Å²) >= 11 is 0. The molecule has 2 aliphatic carbocycles. The summed E-state index contributed by atoms with van der Waals surface area (Å²) in [5.74, 6) is 0.837. The van der Waals surface area contributed by atoms with E-state index in [1.165, 1.54) is 6.42 Å². The molecule has 1 aliphatic heterocycles. The molecule has 3 aliphatic rings. The lowest BCUT2D eigenvalue weighted by Crippen LogP contribution is -2.38. The van der Waals surface area contributed by atoms with E-state index in [2.05, 4.69) is 10.6 Å². The first-order chi connectivity index (χ1) is 11.2. The van der Waals surface area contributed by atoms with Crippen LogP contribution in [0.5, 0.6) is 5.75 Å². The highest BCUT2D eigenvalue weighted by molar-refractivity contribution is 5.95. The van der Waals surface area contributed by atoms with Crippen LogP contribution in [0.4, 0.5) is 0 Å². The third-order valence-electron chi connectivity index (χ3n) is 5.75. The predicted molar refractivity (Wildman–Crippen MR) is 88.4 cm³/mol. The largest absolute Gasteiger partial charge is 0.492 e. The molecule has 23 heavy (non-hydrogen) atoms. The molecule has 1 spiro atoms. The van der Waals surface area contributed by atoms with Crippen LogP contribution in [0.1, 0.15) is 48.0 Å². The summed E-state index contributed by atoms with van der Waals surface area (Å²) in [4.78, 5) is 12.5. The van der Waals surface area contributed by atoms with E-state index in [1.54, 1.807) is 0 Å². The van der Waals surface area contributed by atoms with Crippen molar-refractivity contribution < 1.29 is 9.53 Å². The fourth-order valence-electron chi connectivity index (χ4n) is 3.99. The molecular weight excluding hydrogens is 290 g/mol. The average molecular weight is 315 g/mol. The molecule has 2 saturated carbocycles. The fraction of sp³-hybridized carbons (Fsp3) is 0.611. The smallest absolute Gasteiger partial charge is 0.251 e. The van der Waals surface area contributed by atoms with Gasteiger partial charge in [0.05, 0.1) is 0 Å². The highest BCUT2D eigenvalue weighted by Gasteiger charge is 2.52. The molecule has 1 aromatic rings. The first-order valence-electron chi connectivity index (χ1n) is 8.69. The van der Waals surface area contributed by atoms with Gasteiger partial charge in [-0.1, -0.05) is 6.07 Å². The zero-order valence-corrected chi connectivity index (χ0v) is 13.4. The van der Waals surface area contributed by atoms with Crippen LogP contribution < -0.4 is 21.1 Å². The molecule has 0 aromatic heterocycles. The van der Waals surface area contributed by atoms with Crippen molar-refractivity contribution >= 4 is 5.91 Å². The maximum Gasteiger partial charge on any atom is 0.251 e. The monoisotopic (exact) mass is 315 g/mol. The van der Waals surface area contributed by atoms with Crippen molar-refractivity contribution in [3.05, 3.63) is 29.3 Å². The van der Waals surface area contributed by atoms with Crippen LogP contribution in [-0.4, -0.2) is 31.1 Å². The Morgan fingerprint density at radius 3 is 2.87 bits per heavy atom. The minimum Gasteiger partial charge on any atom is -0.492 e. The summed E-state index contributed by atoms with van der Waals surface area (Å²) in [5.41, 5.74) is 8.25. The number of carbonyl (C=O) groups is 1. The Labute approximate surface area is 137 Å². The van der Waals surface area contributed by atoms with E-state index in [0.29, 0.717) is 23.6 Å². The van der Waals surface area contributed by atoms with Crippen molar-refractivity contribution in [3.63, 3.8) is 0 Å². The van der Waals surface area contributed by atoms with Crippen LogP contribution in [0.3, 0.4) is 0 Å². The molecule has 1 atom stereocenters. The maximum absolute atomic E-state index is 12.5. The minimum absolute atomic E-state index is 0.00894. The van der Waals surface area contributed by atoms with Crippen LogP contribution >= 0.6 is 0 Å². The van der Waals surface area contributed by atoms with E-state index < -0.39 is 0 Å². The molecule has 4 N–H and O–H groups in total. The van der Waals surface area contributed by atoms with Crippen LogP contribution in [0, 0.1) is 5.41 Å². The molecule has 2 fully saturated rings. The van der Waals surface area contributed by atoms with E-state index in [1.807, 2.05) is 18.2 Å². The highest BCUT2D eigenvalue weighted by Crippen LogP contribution is 2.55. The van der Waals surface area contributed by atoms with Crippen LogP contribution in [-0.2, 0) is 6.54 Å². The van der Waals surface area contributed by atoms with E-state index in [-0.39, 0.29) is 11.9 Å². The number of amides is 1. The zero-order valence-electron chi connectivity index (χ0n) is 13.4. The van der Waals surface area contributed by atoms with Gasteiger partial charge in [-0.15, -0.1) is 0 Å². The summed E-state index contributed by atoms with van der Waals surface area (Å²) < 4.78 is 5.72. The number of carbonyl (C=O) groups excluding carboxylic acids is 1. The van der Waals surface area contributed by atoms with Crippen molar-refractivity contribution in [2.45, 2.75) is 50.7 Å². The average Bonchev–Trinajstić information content (AvgIpc) is 3.25. The lowest BCUT2D eigenvalue weighted by Gasteiger charge is -2.29. The molecule has 0 radical (unpaired) electrons. The van der Waals surface area contributed by atoms with Gasteiger partial charge in [-0.2, -0.15) is 0 Å². The van der Waals surface area contributed by atoms with Crippen LogP contribution in [0.2, 0.25) is 0 Å². The maximum atomic E-state index is 12.5. The van der Waals surface area contributed by atoms with Crippen molar-refractivity contribution in [2.75, 3.05) is 13.2 Å². The second kappa shape index (κ2) is 5.80. The standard InChI is InChI=1S/C18H25N3O2/c19-16-10-18(16)5-3-14(4-6-18)21-17(22)12-1-2-13-11-20-7-8-23-15(13)9-12/h1-2,9,14,16,20H,3-8,10-11,19H2,(H,21,22). The minimum atomic E-state index is 0.00894. The van der Waals surface area contributed by atoms with Gasteiger partial charge in [0.15, 0.2) is 0 Å². The van der Waals surface area contributed by atoms with E-state index in [0.717, 1.165) is 50.1 Å². The molecule has 0 saturated heterocycles. The molecule has 124 valence electrons. The number of nitrogens with two attached hydrogens (primary N) is 1. The lowest BCUT2D eigenvalue weighted by molar-refractivity contribution is 0.0918. The molecule has 5 heteroatoms. The Morgan fingerprint density at radius 2 is 2.13 bits per heavy atom. The summed E-state index contributed by atoms with van der Waals surface area (Å²) in [6, 6.07) is 6.43. The van der Waals surface area contributed by atoms with Crippen molar-refractivity contribution in [1.29, 1.82) is 0 Å². The molecular formula is C18H25N3O2. The molecule has 0 bridgehead atoms. The van der Waals surface area contributed by atoms with Gasteiger partial charge in [0, 0.05) is 36.3 Å². The summed E-state index contributed by atoms with van der Waals surface area (Å²) in [6.45, 7) is 2.27. The third-order valence-corrected chi connectivity index (χ3v) is 5.75. The van der Waals surface area contributed by atoms with E-state index in [4.69, 9.17) is 10.5 Å². The molecule has 1 aromatic carbocycles. The number of fused-ring (bicyclic) bond motifs is 1. The summed E-state index contributed by atoms with van der Waals surface area (Å²) in [6.07, 6.45) is 5.57. The predicted octanol–water partition coefficient (Wildman–Crippen LogP) is 1.56. The number of hydrogen-bond acceptors (Lipinski definition) is 4. The number of benzene rings is 1. The number of ether oxygens (including phenoxy) is 1. The fourth-order valence-corrected chi connectivity index (χ4v) is 3.99. The van der Waals surface area contributed by atoms with Crippen LogP contribution in [0.15, 0.2) is 18.2 Å². The van der Waals surface area contributed by atoms with E-state index >= 15 is 0 Å². The van der Waals surface area contributed by atoms with Gasteiger partial charge in [0.25, 0.3) is 5.91 Å². The molecule has 4 rings (SSSR count). The zero-order chi connectivity index (χ0) is 15.9. The molecule has 1 heterocycles. The SMILES string of the molecule is NC1CC12CCC(NC(=O)c1ccc3c(c1)OCCNC3)CC2. The number of rotatable bonds is 2. The van der Waals surface area contributed by atoms with E-state index in [9.17, 15) is 4.79 Å². The van der Waals surface area contributed by atoms with Crippen molar-refractivity contribution in [1.82, 2.24) is 10.6 Å². The Morgan fingerprint density at radius 1 is 1.35 bits per heavy atom.